The largest absolute Gasteiger partial charge is 0.478 e. The van der Waals surface area contributed by atoms with Crippen molar-refractivity contribution in [3.8, 4) is 11.3 Å². The predicted molar refractivity (Wildman–Crippen MR) is 103 cm³/mol. The first-order valence-electron chi connectivity index (χ1n) is 8.93. The van der Waals surface area contributed by atoms with Crippen molar-refractivity contribution in [1.82, 2.24) is 23.6 Å². The molecule has 0 aliphatic carbocycles. The van der Waals surface area contributed by atoms with Crippen LogP contribution in [0, 0.1) is 6.92 Å². The number of hydrogen-bond donors (Lipinski definition) is 1. The number of hydrogen-bond acceptors (Lipinski definition) is 6. The van der Waals surface area contributed by atoms with Gasteiger partial charge in [0.15, 0.2) is 0 Å². The van der Waals surface area contributed by atoms with Crippen LogP contribution < -0.4 is 0 Å². The molecule has 0 amide bonds. The summed E-state index contributed by atoms with van der Waals surface area (Å²) in [7, 11) is -0.596. The van der Waals surface area contributed by atoms with Gasteiger partial charge in [-0.15, -0.1) is 0 Å². The number of carboxylic acids is 1. The number of nitrogens with zero attached hydrogens (tertiary/aromatic N) is 5. The highest BCUT2D eigenvalue weighted by atomic mass is 32.2. The second kappa shape index (κ2) is 7.90. The number of carboxylic acid groups (broad SMARTS) is 1. The van der Waals surface area contributed by atoms with E-state index in [4.69, 9.17) is 0 Å². The lowest BCUT2D eigenvalue weighted by molar-refractivity contribution is 0.0696. The van der Waals surface area contributed by atoms with E-state index in [1.165, 1.54) is 41.2 Å². The summed E-state index contributed by atoms with van der Waals surface area (Å²) < 4.78 is 28.1. The molecular weight excluding hydrogens is 382 g/mol. The van der Waals surface area contributed by atoms with Crippen molar-refractivity contribution in [3.63, 3.8) is 0 Å². The average Bonchev–Trinajstić information content (AvgIpc) is 2.67. The molecule has 0 bridgehead atoms. The Morgan fingerprint density at radius 3 is 2.64 bits per heavy atom. The van der Waals surface area contributed by atoms with Gasteiger partial charge in [0.05, 0.1) is 17.3 Å². The number of carbonyl (C=O) groups is 1. The lowest BCUT2D eigenvalue weighted by Gasteiger charge is -2.35. The fraction of sp³-hybridized carbons (Fsp3) is 0.444. The van der Waals surface area contributed by atoms with Crippen LogP contribution in [0.4, 0.5) is 0 Å². The molecule has 9 nitrogen and oxygen atoms in total. The molecule has 1 atom stereocenters. The number of aromatic nitrogens is 3. The third kappa shape index (κ3) is 4.03. The van der Waals surface area contributed by atoms with E-state index in [1.807, 2.05) is 0 Å². The summed E-state index contributed by atoms with van der Waals surface area (Å²) >= 11 is 0. The minimum Gasteiger partial charge on any atom is -0.478 e. The highest BCUT2D eigenvalue weighted by Crippen LogP contribution is 2.33. The normalized spacial score (nSPS) is 18.4. The van der Waals surface area contributed by atoms with Gasteiger partial charge in [-0.1, -0.05) is 6.42 Å². The van der Waals surface area contributed by atoms with Gasteiger partial charge in [-0.2, -0.15) is 17.0 Å². The van der Waals surface area contributed by atoms with Crippen molar-refractivity contribution in [1.29, 1.82) is 0 Å². The van der Waals surface area contributed by atoms with Crippen molar-refractivity contribution in [2.45, 2.75) is 32.2 Å². The molecule has 150 valence electrons. The molecule has 0 unspecified atom stereocenters. The molecule has 1 N–H and O–H groups in total. The summed E-state index contributed by atoms with van der Waals surface area (Å²) in [4.78, 5) is 24.3. The van der Waals surface area contributed by atoms with E-state index >= 15 is 0 Å². The van der Waals surface area contributed by atoms with Gasteiger partial charge < -0.3 is 5.11 Å². The Balaban J connectivity index is 2.05. The molecule has 0 saturated carbocycles. The van der Waals surface area contributed by atoms with Crippen molar-refractivity contribution in [2.75, 3.05) is 20.6 Å². The van der Waals surface area contributed by atoms with Crippen molar-refractivity contribution >= 4 is 16.2 Å². The summed E-state index contributed by atoms with van der Waals surface area (Å²) in [6.07, 6.45) is 5.10. The molecular formula is C18H23N5O4S. The van der Waals surface area contributed by atoms with Crippen LogP contribution in [0.15, 0.2) is 24.5 Å². The van der Waals surface area contributed by atoms with Gasteiger partial charge in [0, 0.05) is 44.3 Å². The van der Waals surface area contributed by atoms with Crippen LogP contribution in [0.1, 0.15) is 47.2 Å². The third-order valence-corrected chi connectivity index (χ3v) is 6.61. The summed E-state index contributed by atoms with van der Waals surface area (Å²) in [5, 5.41) is 9.19. The molecule has 3 heterocycles. The Morgan fingerprint density at radius 2 is 1.96 bits per heavy atom. The van der Waals surface area contributed by atoms with Crippen LogP contribution in [0.2, 0.25) is 0 Å². The molecule has 1 aliphatic rings. The van der Waals surface area contributed by atoms with Crippen LogP contribution in [0.3, 0.4) is 0 Å². The van der Waals surface area contributed by atoms with Crippen LogP contribution in [-0.4, -0.2) is 63.7 Å². The van der Waals surface area contributed by atoms with E-state index in [9.17, 15) is 18.3 Å². The summed E-state index contributed by atoms with van der Waals surface area (Å²) in [6.45, 7) is 2.21. The lowest BCUT2D eigenvalue weighted by Crippen LogP contribution is -2.45. The number of pyridine rings is 1. The van der Waals surface area contributed by atoms with Gasteiger partial charge in [0.25, 0.3) is 10.2 Å². The first-order chi connectivity index (χ1) is 13.2. The Kier molecular flexibility index (Phi) is 5.73. The molecule has 2 aromatic heterocycles. The van der Waals surface area contributed by atoms with E-state index in [2.05, 4.69) is 15.0 Å². The van der Waals surface area contributed by atoms with Gasteiger partial charge in [-0.05, 0) is 31.9 Å². The zero-order valence-corrected chi connectivity index (χ0v) is 16.8. The molecule has 0 spiro atoms. The lowest BCUT2D eigenvalue weighted by atomic mass is 10.0. The Hall–Kier alpha value is -2.43. The minimum atomic E-state index is -3.61. The molecule has 10 heteroatoms. The third-order valence-electron chi connectivity index (χ3n) is 4.66. The highest BCUT2D eigenvalue weighted by molar-refractivity contribution is 7.86. The molecule has 3 rings (SSSR count). The van der Waals surface area contributed by atoms with Crippen LogP contribution in [0.5, 0.6) is 0 Å². The maximum absolute atomic E-state index is 12.7. The monoisotopic (exact) mass is 405 g/mol. The molecule has 28 heavy (non-hydrogen) atoms. The zero-order chi connectivity index (χ0) is 20.5. The van der Waals surface area contributed by atoms with E-state index in [-0.39, 0.29) is 5.56 Å². The molecule has 1 aliphatic heterocycles. The van der Waals surface area contributed by atoms with Gasteiger partial charge in [-0.25, -0.2) is 14.8 Å². The Labute approximate surface area is 164 Å². The summed E-state index contributed by atoms with van der Waals surface area (Å²) in [5.74, 6) is -0.656. The first kappa shape index (κ1) is 20.3. The van der Waals surface area contributed by atoms with Crippen molar-refractivity contribution in [2.24, 2.45) is 0 Å². The number of aryl methyl sites for hydroxylation is 1. The SMILES string of the molecule is Cc1cc(-c2cncc(C(=O)O)c2)nc([C@H]2CCCCN2S(=O)(=O)N(C)C)n1. The minimum absolute atomic E-state index is 0.0600. The van der Waals surface area contributed by atoms with Crippen LogP contribution in [0.25, 0.3) is 11.3 Å². The smallest absolute Gasteiger partial charge is 0.337 e. The number of aromatic carboxylic acids is 1. The zero-order valence-electron chi connectivity index (χ0n) is 16.0. The van der Waals surface area contributed by atoms with Gasteiger partial charge in [-0.3, -0.25) is 4.98 Å². The fourth-order valence-electron chi connectivity index (χ4n) is 3.23. The van der Waals surface area contributed by atoms with E-state index in [0.717, 1.165) is 12.8 Å². The van der Waals surface area contributed by atoms with E-state index < -0.39 is 22.2 Å². The summed E-state index contributed by atoms with van der Waals surface area (Å²) in [5.41, 5.74) is 1.80. The molecule has 0 radical (unpaired) electrons. The van der Waals surface area contributed by atoms with Crippen molar-refractivity contribution < 1.29 is 18.3 Å². The molecule has 2 aromatic rings. The second-order valence-corrected chi connectivity index (χ2v) is 9.03. The van der Waals surface area contributed by atoms with E-state index in [1.54, 1.807) is 13.0 Å². The highest BCUT2D eigenvalue weighted by Gasteiger charge is 2.36. The van der Waals surface area contributed by atoms with Gasteiger partial charge in [0.2, 0.25) is 0 Å². The molecule has 1 saturated heterocycles. The van der Waals surface area contributed by atoms with Crippen LogP contribution in [-0.2, 0) is 10.2 Å². The fourth-order valence-corrected chi connectivity index (χ4v) is 4.53. The molecule has 1 fully saturated rings. The first-order valence-corrected chi connectivity index (χ1v) is 10.3. The second-order valence-electron chi connectivity index (χ2n) is 6.93. The topological polar surface area (TPSA) is 117 Å². The van der Waals surface area contributed by atoms with E-state index in [0.29, 0.717) is 35.7 Å². The van der Waals surface area contributed by atoms with Gasteiger partial charge >= 0.3 is 5.97 Å². The number of rotatable bonds is 5. The number of piperidine rings is 1. The maximum atomic E-state index is 12.7. The summed E-state index contributed by atoms with van der Waals surface area (Å²) in [6, 6.07) is 2.77. The van der Waals surface area contributed by atoms with Crippen LogP contribution >= 0.6 is 0 Å². The standard InChI is InChI=1S/C18H23N5O4S/c1-12-8-15(13-9-14(18(24)25)11-19-10-13)21-17(20-12)16-6-4-5-7-23(16)28(26,27)22(2)3/h8-11,16H,4-7H2,1-3H3,(H,24,25)/t16-/m1/s1. The van der Waals surface area contributed by atoms with Gasteiger partial charge in [0.1, 0.15) is 5.82 Å². The van der Waals surface area contributed by atoms with Crippen molar-refractivity contribution in [3.05, 3.63) is 41.6 Å². The average molecular weight is 405 g/mol. The predicted octanol–water partition coefficient (Wildman–Crippen LogP) is 1.88. The molecule has 0 aromatic carbocycles. The Morgan fingerprint density at radius 1 is 1.21 bits per heavy atom. The quantitative estimate of drug-likeness (QED) is 0.807. The Bertz CT molecular complexity index is 993. The maximum Gasteiger partial charge on any atom is 0.337 e.